The molecule has 26 atom stereocenters. The highest BCUT2D eigenvalue weighted by Gasteiger charge is 2.52. The number of ether oxygens (including phenoxy) is 15. The summed E-state index contributed by atoms with van der Waals surface area (Å²) in [5.74, 6) is -12.8. The molecule has 3 saturated heterocycles. The quantitative estimate of drug-likeness (QED) is 0.0232. The monoisotopic (exact) mass is 1360 g/mol. The summed E-state index contributed by atoms with van der Waals surface area (Å²) in [5.41, 5.74) is -0.281. The van der Waals surface area contributed by atoms with E-state index in [-0.39, 0.29) is 39.9 Å². The van der Waals surface area contributed by atoms with Crippen LogP contribution in [0.5, 0.6) is 0 Å². The van der Waals surface area contributed by atoms with Crippen LogP contribution in [-0.4, -0.2) is 280 Å². The predicted molar refractivity (Wildman–Crippen MR) is 308 cm³/mol. The number of hydrogen-bond donors (Lipinski definition) is 13. The van der Waals surface area contributed by atoms with Gasteiger partial charge in [0.05, 0.1) is 109 Å². The van der Waals surface area contributed by atoms with Crippen molar-refractivity contribution in [2.75, 3.05) is 61.0 Å². The smallest absolute Gasteiger partial charge is 0.337 e. The first kappa shape index (κ1) is 76.3. The lowest BCUT2D eigenvalue weighted by molar-refractivity contribution is -0.327. The summed E-state index contributed by atoms with van der Waals surface area (Å²) in [6, 6.07) is 0. The van der Waals surface area contributed by atoms with E-state index >= 15 is 0 Å². The first-order valence-electron chi connectivity index (χ1n) is 30.6. The molecule has 0 radical (unpaired) electrons. The molecule has 0 amide bonds. The lowest BCUT2D eigenvalue weighted by Crippen LogP contribution is -2.60. The van der Waals surface area contributed by atoms with Crippen molar-refractivity contribution < 1.29 is 166 Å². The maximum absolute atomic E-state index is 14.4. The maximum atomic E-state index is 14.4. The van der Waals surface area contributed by atoms with Crippen LogP contribution in [0.4, 0.5) is 0 Å². The molecule has 0 aromatic carbocycles. The molecule has 0 bridgehead atoms. The third-order valence-corrected chi connectivity index (χ3v) is 18.1. The number of allylic oxidation sites excluding steroid dienone is 3. The third kappa shape index (κ3) is 17.1. The van der Waals surface area contributed by atoms with Crippen molar-refractivity contribution in [3.05, 3.63) is 70.5 Å². The van der Waals surface area contributed by atoms with E-state index in [1.54, 1.807) is 6.92 Å². The van der Waals surface area contributed by atoms with Crippen LogP contribution in [0.1, 0.15) is 53.4 Å². The fourth-order valence-electron chi connectivity index (χ4n) is 12.6. The Kier molecular flexibility index (Phi) is 27.6. The van der Waals surface area contributed by atoms with Gasteiger partial charge in [0.25, 0.3) is 0 Å². The van der Waals surface area contributed by atoms with Crippen molar-refractivity contribution in [3.8, 4) is 0 Å². The third-order valence-electron chi connectivity index (χ3n) is 18.1. The SMILES string of the molecule is C/C=C1/[C@H](O[C@@H]2O[C@H](CO)[C@@H](O)[C@H](O)[C@H]2O)OC=C(C(=O)OC)[C@H]1CC(=O)OC[C@H](CO)[C@@H]1C[C@@H](OC(=O)C[C@@H]2C(C(=O)OC)=CO[C@@H](O[C@@H]3O[C@H](CO)[C@@H](O)[C@H](O)[C@H]3O)/C2=C/C)[C@H](C)[C@H]1COC(=O)C[C@@H]1C(C(=O)OC)=CO[C@@H](O[C@@H]2O[C@H](CO)[C@@H](O)[C@H](O)[C@H]2O)/C1=C/C. The standard InChI is InChI=1S/C61H86O34/c1-8-26-30(34(53(78)81-5)21-86-56(26)93-59-50(75)47(72)44(69)38(16-63)90-59)12-41(66)84-19-25(15-62)29-11-37(89-43(68)14-32-28(10-3)58(88-23-36(32)55(80)83-7)95-61-52(77)49(74)46(71)40(18-65)92-61)24(4)33(29)20-85-42(67)13-31-27(9-2)57(87-22-35(31)54(79)82-6)94-60-51(76)48(73)45(70)39(17-64)91-60/h8-10,21-25,29-33,37-40,44-52,56-65,69-77H,11-20H2,1-7H3/b26-8+,27-9+,28-10+/t24-,25+,29+,30+,31+,32+,33-,37-,38-,39-,40-,44-,45-,46-,47+,48+,49+,50-,51-,52-,56+,57+,58+,59+,60+,61+/m1/s1. The molecule has 0 aromatic heterocycles. The zero-order valence-electron chi connectivity index (χ0n) is 52.9. The van der Waals surface area contributed by atoms with Gasteiger partial charge in [0.2, 0.25) is 18.9 Å². The molecule has 1 saturated carbocycles. The van der Waals surface area contributed by atoms with E-state index < -0.39 is 253 Å². The van der Waals surface area contributed by atoms with Crippen molar-refractivity contribution in [1.29, 1.82) is 0 Å². The van der Waals surface area contributed by atoms with Gasteiger partial charge in [-0.15, -0.1) is 0 Å². The van der Waals surface area contributed by atoms with E-state index in [1.165, 1.54) is 39.0 Å². The zero-order chi connectivity index (χ0) is 69.9. The van der Waals surface area contributed by atoms with Gasteiger partial charge >= 0.3 is 35.8 Å². The van der Waals surface area contributed by atoms with Gasteiger partial charge in [-0.05, 0) is 39.0 Å². The number of methoxy groups -OCH3 is 3. The molecular weight excluding hydrogens is 1280 g/mol. The highest BCUT2D eigenvalue weighted by Crippen LogP contribution is 2.46. The molecule has 7 aliphatic rings. The Hall–Kier alpha value is -6.10. The largest absolute Gasteiger partial charge is 0.468 e. The summed E-state index contributed by atoms with van der Waals surface area (Å²) < 4.78 is 84.2. The van der Waals surface area contributed by atoms with E-state index in [4.69, 9.17) is 71.1 Å². The number of esters is 6. The van der Waals surface area contributed by atoms with Crippen LogP contribution in [0.15, 0.2) is 70.5 Å². The van der Waals surface area contributed by atoms with Crippen LogP contribution in [-0.2, 0) is 99.8 Å². The molecule has 34 nitrogen and oxygen atoms in total. The van der Waals surface area contributed by atoms with Crippen LogP contribution in [0.3, 0.4) is 0 Å². The number of aliphatic hydroxyl groups is 13. The van der Waals surface area contributed by atoms with Gasteiger partial charge in [-0.2, -0.15) is 0 Å². The van der Waals surface area contributed by atoms with Crippen LogP contribution < -0.4 is 0 Å². The van der Waals surface area contributed by atoms with Crippen LogP contribution in [0.2, 0.25) is 0 Å². The lowest BCUT2D eigenvalue weighted by atomic mass is 9.82. The van der Waals surface area contributed by atoms with E-state index in [9.17, 15) is 95.2 Å². The minimum Gasteiger partial charge on any atom is -0.468 e. The molecular formula is C61H86O34. The van der Waals surface area contributed by atoms with E-state index in [0.717, 1.165) is 40.1 Å². The van der Waals surface area contributed by atoms with Crippen LogP contribution >= 0.6 is 0 Å². The summed E-state index contributed by atoms with van der Waals surface area (Å²) in [4.78, 5) is 82.6. The Morgan fingerprint density at radius 3 is 1.15 bits per heavy atom. The predicted octanol–water partition coefficient (Wildman–Crippen LogP) is -4.59. The molecule has 0 spiro atoms. The average molecular weight is 1360 g/mol. The average Bonchev–Trinajstić information content (AvgIpc) is 1.09. The minimum atomic E-state index is -1.88. The second-order valence-corrected chi connectivity index (χ2v) is 23.5. The second-order valence-electron chi connectivity index (χ2n) is 23.5. The number of carbonyl (C=O) groups is 6. The van der Waals surface area contributed by atoms with E-state index in [1.807, 2.05) is 0 Å². The van der Waals surface area contributed by atoms with Crippen molar-refractivity contribution in [2.45, 2.75) is 170 Å². The van der Waals surface area contributed by atoms with Gasteiger partial charge in [-0.25, -0.2) is 14.4 Å². The van der Waals surface area contributed by atoms with Crippen LogP contribution in [0.25, 0.3) is 0 Å². The summed E-state index contributed by atoms with van der Waals surface area (Å²) in [6.45, 7) is 2.07. The molecule has 0 unspecified atom stereocenters. The van der Waals surface area contributed by atoms with Gasteiger partial charge in [-0.3, -0.25) is 14.4 Å². The lowest BCUT2D eigenvalue weighted by Gasteiger charge is -2.42. The van der Waals surface area contributed by atoms with Crippen molar-refractivity contribution >= 4 is 35.8 Å². The summed E-state index contributed by atoms with van der Waals surface area (Å²) in [6.07, 6.45) is -26.1. The first-order valence-corrected chi connectivity index (χ1v) is 30.6. The minimum absolute atomic E-state index is 0.0957. The fraction of sp³-hybridized carbons (Fsp3) is 0.705. The Morgan fingerprint density at radius 1 is 0.495 bits per heavy atom. The van der Waals surface area contributed by atoms with Gasteiger partial charge in [-0.1, -0.05) is 25.2 Å². The highest BCUT2D eigenvalue weighted by atomic mass is 16.8. The number of carbonyl (C=O) groups excluding carboxylic acids is 6. The molecule has 34 heteroatoms. The molecule has 13 N–H and O–H groups in total. The zero-order valence-corrected chi connectivity index (χ0v) is 52.9. The molecule has 6 heterocycles. The summed E-state index contributed by atoms with van der Waals surface area (Å²) >= 11 is 0. The molecule has 534 valence electrons. The maximum Gasteiger partial charge on any atom is 0.337 e. The first-order chi connectivity index (χ1) is 45.3. The number of rotatable bonds is 25. The molecule has 6 aliphatic heterocycles. The Labute approximate surface area is 543 Å². The Balaban J connectivity index is 1.13. The molecule has 1 aliphatic carbocycles. The molecule has 4 fully saturated rings. The molecule has 7 rings (SSSR count). The Bertz CT molecular complexity index is 2850. The van der Waals surface area contributed by atoms with Crippen molar-refractivity contribution in [2.24, 2.45) is 41.4 Å². The van der Waals surface area contributed by atoms with Crippen molar-refractivity contribution in [3.63, 3.8) is 0 Å². The van der Waals surface area contributed by atoms with E-state index in [0.29, 0.717) is 0 Å². The topological polar surface area (TPSA) is 504 Å². The second kappa shape index (κ2) is 34.4. The van der Waals surface area contributed by atoms with E-state index in [2.05, 4.69) is 0 Å². The van der Waals surface area contributed by atoms with Gasteiger partial charge in [0.15, 0.2) is 18.9 Å². The van der Waals surface area contributed by atoms with Gasteiger partial charge in [0, 0.05) is 52.9 Å². The Morgan fingerprint density at radius 2 is 0.832 bits per heavy atom. The summed E-state index contributed by atoms with van der Waals surface area (Å²) in [5, 5.41) is 135. The number of hydrogen-bond acceptors (Lipinski definition) is 34. The fourth-order valence-corrected chi connectivity index (χ4v) is 12.6. The normalized spacial score (nSPS) is 38.8. The molecule has 95 heavy (non-hydrogen) atoms. The number of aliphatic hydroxyl groups excluding tert-OH is 13. The highest BCUT2D eigenvalue weighted by molar-refractivity contribution is 5.92. The van der Waals surface area contributed by atoms with Crippen LogP contribution in [0, 0.1) is 41.4 Å². The molecule has 0 aromatic rings. The van der Waals surface area contributed by atoms with Gasteiger partial charge < -0.3 is 137 Å². The van der Waals surface area contributed by atoms with Crippen molar-refractivity contribution in [1.82, 2.24) is 0 Å². The summed E-state index contributed by atoms with van der Waals surface area (Å²) in [7, 11) is 3.22. The van der Waals surface area contributed by atoms with Gasteiger partial charge in [0.1, 0.15) is 79.4 Å².